The topological polar surface area (TPSA) is 133 Å². The first-order valence-corrected chi connectivity index (χ1v) is 14.4. The third-order valence-electron chi connectivity index (χ3n) is 7.57. The summed E-state index contributed by atoms with van der Waals surface area (Å²) in [4.78, 5) is 17.6. The highest BCUT2D eigenvalue weighted by atomic mass is 19.1. The number of aliphatic hydroxyl groups excluding tert-OH is 2. The third-order valence-corrected chi connectivity index (χ3v) is 7.57. The maximum absolute atomic E-state index is 13.8. The number of para-hydroxylation sites is 1. The van der Waals surface area contributed by atoms with Gasteiger partial charge in [-0.2, -0.15) is 0 Å². The summed E-state index contributed by atoms with van der Waals surface area (Å²) in [6.45, 7) is -0.393. The van der Waals surface area contributed by atoms with Crippen molar-refractivity contribution in [1.82, 2.24) is 10.1 Å². The number of aliphatic hydroxyl groups is 2. The van der Waals surface area contributed by atoms with Crippen LogP contribution in [0.1, 0.15) is 48.6 Å². The van der Waals surface area contributed by atoms with E-state index in [2.05, 4.69) is 9.79 Å². The number of carbonyl (C=O) groups excluding carboxylic acids is 1. The maximum Gasteiger partial charge on any atom is 0.308 e. The van der Waals surface area contributed by atoms with Crippen LogP contribution >= 0.6 is 0 Å². The Morgan fingerprint density at radius 3 is 2.52 bits per heavy atom. The van der Waals surface area contributed by atoms with Crippen LogP contribution in [0.4, 0.5) is 4.39 Å². The minimum absolute atomic E-state index is 0.0226. The predicted molar refractivity (Wildman–Crippen MR) is 160 cm³/mol. The fourth-order valence-corrected chi connectivity index (χ4v) is 5.26. The number of rotatable bonds is 11. The fraction of sp³-hybridized carbons (Fsp3) is 0.235. The van der Waals surface area contributed by atoms with E-state index in [1.807, 2.05) is 30.3 Å². The zero-order valence-electron chi connectivity index (χ0n) is 23.7. The Balaban J connectivity index is 1.15. The first kappa shape index (κ1) is 29.2. The van der Waals surface area contributed by atoms with Crippen molar-refractivity contribution in [1.29, 1.82) is 0 Å². The second-order valence-electron chi connectivity index (χ2n) is 10.9. The number of esters is 1. The van der Waals surface area contributed by atoms with Crippen molar-refractivity contribution in [3.63, 3.8) is 0 Å². The van der Waals surface area contributed by atoms with Crippen molar-refractivity contribution in [2.45, 2.75) is 50.4 Å². The van der Waals surface area contributed by atoms with E-state index < -0.39 is 24.8 Å². The molecule has 224 valence electrons. The molecule has 2 N–H and O–H groups in total. The number of carbonyl (C=O) groups is 1. The molecular weight excluding hydrogens is 565 g/mol. The number of ether oxygens (including phenoxy) is 1. The number of fused-ring (bicyclic) bond motifs is 1. The molecule has 1 saturated carbocycles. The normalized spacial score (nSPS) is 14.6. The van der Waals surface area contributed by atoms with Crippen molar-refractivity contribution in [2.24, 2.45) is 0 Å². The van der Waals surface area contributed by atoms with Gasteiger partial charge in [-0.05, 0) is 41.5 Å². The second kappa shape index (κ2) is 12.7. The number of halogens is 1. The Morgan fingerprint density at radius 2 is 1.77 bits per heavy atom. The molecule has 6 rings (SSSR count). The monoisotopic (exact) mass is 595 g/mol. The van der Waals surface area contributed by atoms with E-state index >= 15 is 0 Å². The molecule has 1 aliphatic carbocycles. The van der Waals surface area contributed by atoms with Crippen molar-refractivity contribution in [2.75, 3.05) is 0 Å². The van der Waals surface area contributed by atoms with Gasteiger partial charge in [0.25, 0.3) is 5.69 Å². The number of nitrogens with zero attached hydrogens (tertiary/aromatic N) is 3. The number of benzene rings is 3. The van der Waals surface area contributed by atoms with Gasteiger partial charge in [-0.25, -0.2) is 4.39 Å². The maximum atomic E-state index is 13.8. The average molecular weight is 596 g/mol. The Hall–Kier alpha value is -4.93. The van der Waals surface area contributed by atoms with Gasteiger partial charge >= 0.3 is 5.97 Å². The summed E-state index contributed by atoms with van der Waals surface area (Å²) in [5.41, 5.74) is 5.20. The van der Waals surface area contributed by atoms with E-state index in [0.29, 0.717) is 5.56 Å². The summed E-state index contributed by atoms with van der Waals surface area (Å²) in [5.74, 6) is -0.793. The molecule has 0 spiro atoms. The van der Waals surface area contributed by atoms with Gasteiger partial charge in [0, 0.05) is 39.6 Å². The van der Waals surface area contributed by atoms with Crippen LogP contribution in [0, 0.1) is 11.0 Å². The zero-order valence-corrected chi connectivity index (χ0v) is 23.7. The molecule has 0 aliphatic heterocycles. The molecule has 9 nitrogen and oxygen atoms in total. The molecular formula is C34H30FN3O6. The van der Waals surface area contributed by atoms with Crippen LogP contribution in [0.2, 0.25) is 0 Å². The third kappa shape index (κ3) is 6.51. The van der Waals surface area contributed by atoms with Crippen molar-refractivity contribution < 1.29 is 33.7 Å². The Kier molecular flexibility index (Phi) is 8.44. The smallest absolute Gasteiger partial charge is 0.308 e. The molecule has 44 heavy (non-hydrogen) atoms. The largest absolute Gasteiger partial charge is 0.456 e. The van der Waals surface area contributed by atoms with Crippen LogP contribution in [0.5, 0.6) is 0 Å². The van der Waals surface area contributed by atoms with Gasteiger partial charge in [-0.15, -0.1) is 0 Å². The van der Waals surface area contributed by atoms with Gasteiger partial charge in [-0.1, -0.05) is 72.8 Å². The SMILES string of the molecule is O=C(C[C@H](O)C[C@H](O)/C=C/c1c(C2CC2)nc2ccccc2c1-c1ccc(F)cc1)OCc1c(-c2ccccc2)no[n+]1[O-]. The zero-order chi connectivity index (χ0) is 30.6. The number of hydrogen-bond acceptors (Lipinski definition) is 8. The number of hydrogen-bond donors (Lipinski definition) is 2. The van der Waals surface area contributed by atoms with Gasteiger partial charge in [0.05, 0.1) is 29.8 Å². The molecule has 0 amide bonds. The van der Waals surface area contributed by atoms with Crippen LogP contribution in [-0.2, 0) is 16.1 Å². The van der Waals surface area contributed by atoms with Crippen LogP contribution in [0.15, 0.2) is 89.6 Å². The first-order chi connectivity index (χ1) is 21.4. The molecule has 0 radical (unpaired) electrons. The van der Waals surface area contributed by atoms with Crippen LogP contribution in [0.3, 0.4) is 0 Å². The van der Waals surface area contributed by atoms with Crippen LogP contribution in [-0.4, -0.2) is 38.5 Å². The first-order valence-electron chi connectivity index (χ1n) is 14.4. The van der Waals surface area contributed by atoms with E-state index in [-0.39, 0.29) is 40.9 Å². The van der Waals surface area contributed by atoms with Crippen molar-refractivity contribution in [3.05, 3.63) is 113 Å². The minimum Gasteiger partial charge on any atom is -0.456 e. The number of aromatic nitrogens is 3. The quantitative estimate of drug-likeness (QED) is 0.152. The summed E-state index contributed by atoms with van der Waals surface area (Å²) in [7, 11) is 0. The molecule has 2 atom stereocenters. The van der Waals surface area contributed by atoms with E-state index in [1.165, 1.54) is 12.1 Å². The van der Waals surface area contributed by atoms with Gasteiger partial charge in [0.2, 0.25) is 5.69 Å². The fourth-order valence-electron chi connectivity index (χ4n) is 5.26. The molecule has 10 heteroatoms. The summed E-state index contributed by atoms with van der Waals surface area (Å²) < 4.78 is 23.7. The minimum atomic E-state index is -1.20. The van der Waals surface area contributed by atoms with Crippen molar-refractivity contribution >= 4 is 22.9 Å². The summed E-state index contributed by atoms with van der Waals surface area (Å²) in [5, 5.41) is 38.0. The van der Waals surface area contributed by atoms with Crippen molar-refractivity contribution in [3.8, 4) is 22.4 Å². The molecule has 3 aromatic carbocycles. The molecule has 2 aromatic heterocycles. The lowest BCUT2D eigenvalue weighted by Gasteiger charge is -2.16. The Morgan fingerprint density at radius 1 is 1.05 bits per heavy atom. The van der Waals surface area contributed by atoms with E-state index in [1.54, 1.807) is 48.6 Å². The van der Waals surface area contributed by atoms with E-state index in [4.69, 9.17) is 9.72 Å². The standard InChI is InChI=1S/C34H30FN3O6/c35-24-14-12-21(13-15-24)32-27-8-4-5-9-29(27)36-33(23-10-11-23)28(32)17-16-25(39)18-26(40)19-31(41)43-20-30-34(37-44-38(30)42)22-6-2-1-3-7-22/h1-9,12-17,23,25-26,39-40H,10-11,18-20H2/b17-16+/t25-,26-/m1/s1. The molecule has 5 aromatic rings. The number of pyridine rings is 1. The summed E-state index contributed by atoms with van der Waals surface area (Å²) in [6.07, 6.45) is 2.59. The molecule has 2 heterocycles. The molecule has 0 bridgehead atoms. The van der Waals surface area contributed by atoms with Gasteiger partial charge in [-0.3, -0.25) is 14.4 Å². The lowest BCUT2D eigenvalue weighted by atomic mass is 9.92. The van der Waals surface area contributed by atoms with Gasteiger partial charge in [0.1, 0.15) is 5.82 Å². The highest BCUT2D eigenvalue weighted by Gasteiger charge is 2.30. The van der Waals surface area contributed by atoms with E-state index in [9.17, 15) is 24.6 Å². The highest BCUT2D eigenvalue weighted by Crippen LogP contribution is 2.45. The summed E-state index contributed by atoms with van der Waals surface area (Å²) >= 11 is 0. The van der Waals surface area contributed by atoms with Gasteiger partial charge in [0.15, 0.2) is 6.61 Å². The average Bonchev–Trinajstić information content (AvgIpc) is 3.81. The van der Waals surface area contributed by atoms with E-state index in [0.717, 1.165) is 46.1 Å². The summed E-state index contributed by atoms with van der Waals surface area (Å²) in [6, 6.07) is 22.9. The molecule has 0 unspecified atom stereocenters. The van der Waals surface area contributed by atoms with Crippen LogP contribution < -0.4 is 4.90 Å². The van der Waals surface area contributed by atoms with Crippen LogP contribution in [0.25, 0.3) is 39.4 Å². The second-order valence-corrected chi connectivity index (χ2v) is 10.9. The Labute approximate surface area is 252 Å². The molecule has 0 saturated heterocycles. The highest BCUT2D eigenvalue weighted by molar-refractivity contribution is 5.99. The predicted octanol–water partition coefficient (Wildman–Crippen LogP) is 5.47. The molecule has 1 aliphatic rings. The Bertz CT molecular complexity index is 1800. The lowest BCUT2D eigenvalue weighted by molar-refractivity contribution is -0.808. The lowest BCUT2D eigenvalue weighted by Crippen LogP contribution is -2.29. The molecule has 1 fully saturated rings. The van der Waals surface area contributed by atoms with Gasteiger partial charge < -0.3 is 20.2 Å².